The van der Waals surface area contributed by atoms with Crippen LogP contribution in [0.25, 0.3) is 11.1 Å². The van der Waals surface area contributed by atoms with Crippen LogP contribution in [0.1, 0.15) is 25.0 Å². The van der Waals surface area contributed by atoms with Gasteiger partial charge in [-0.25, -0.2) is 0 Å². The maximum Gasteiger partial charge on any atom is 0.290 e. The van der Waals surface area contributed by atoms with E-state index in [4.69, 9.17) is 9.47 Å². The number of amides is 1. The SMILES string of the molecule is CC(=O)NCC(F)(F)c1ccc(O[C@@H]2O[C@@H](C)[C@H](O)[C@@H](O)[C@H]2O)cc1-c1cccc(C)c1. The summed E-state index contributed by atoms with van der Waals surface area (Å²) in [4.78, 5) is 11.2. The van der Waals surface area contributed by atoms with Crippen LogP contribution in [0.15, 0.2) is 42.5 Å². The summed E-state index contributed by atoms with van der Waals surface area (Å²) in [5, 5.41) is 32.2. The first-order chi connectivity index (χ1) is 15.0. The van der Waals surface area contributed by atoms with Crippen molar-refractivity contribution in [2.24, 2.45) is 0 Å². The van der Waals surface area contributed by atoms with Crippen molar-refractivity contribution in [3.8, 4) is 16.9 Å². The number of carbonyl (C=O) groups is 1. The number of aliphatic hydroxyl groups is 3. The monoisotopic (exact) mass is 451 g/mol. The van der Waals surface area contributed by atoms with Crippen molar-refractivity contribution < 1.29 is 38.4 Å². The number of aryl methyl sites for hydroxylation is 1. The van der Waals surface area contributed by atoms with Gasteiger partial charge in [-0.3, -0.25) is 4.79 Å². The molecule has 1 fully saturated rings. The van der Waals surface area contributed by atoms with E-state index in [1.165, 1.54) is 25.1 Å². The van der Waals surface area contributed by atoms with Crippen LogP contribution < -0.4 is 10.1 Å². The van der Waals surface area contributed by atoms with E-state index < -0.39 is 49.1 Å². The fourth-order valence-corrected chi connectivity index (χ4v) is 3.54. The zero-order valence-electron chi connectivity index (χ0n) is 18.0. The van der Waals surface area contributed by atoms with Gasteiger partial charge < -0.3 is 30.1 Å². The highest BCUT2D eigenvalue weighted by Crippen LogP contribution is 2.38. The molecule has 1 aliphatic rings. The summed E-state index contributed by atoms with van der Waals surface area (Å²) in [5.74, 6) is -3.81. The average molecular weight is 451 g/mol. The Morgan fingerprint density at radius 1 is 1.12 bits per heavy atom. The van der Waals surface area contributed by atoms with Crippen molar-refractivity contribution in [1.82, 2.24) is 5.32 Å². The van der Waals surface area contributed by atoms with Gasteiger partial charge >= 0.3 is 0 Å². The second-order valence-electron chi connectivity index (χ2n) is 7.99. The third kappa shape index (κ3) is 5.24. The van der Waals surface area contributed by atoms with E-state index in [9.17, 15) is 28.9 Å². The molecule has 1 aliphatic heterocycles. The molecule has 2 aromatic rings. The lowest BCUT2D eigenvalue weighted by atomic mass is 9.94. The molecule has 0 aromatic heterocycles. The molecule has 0 unspecified atom stereocenters. The van der Waals surface area contributed by atoms with Gasteiger partial charge in [-0.2, -0.15) is 8.78 Å². The molecule has 0 bridgehead atoms. The van der Waals surface area contributed by atoms with Crippen LogP contribution >= 0.6 is 0 Å². The molecule has 9 heteroatoms. The van der Waals surface area contributed by atoms with E-state index in [0.29, 0.717) is 5.56 Å². The minimum atomic E-state index is -3.36. The Morgan fingerprint density at radius 2 is 1.84 bits per heavy atom. The summed E-state index contributed by atoms with van der Waals surface area (Å²) in [6.45, 7) is 3.64. The first kappa shape index (κ1) is 24.1. The van der Waals surface area contributed by atoms with Gasteiger partial charge in [0.25, 0.3) is 5.92 Å². The molecule has 32 heavy (non-hydrogen) atoms. The molecule has 0 spiro atoms. The molecule has 0 saturated carbocycles. The predicted octanol–water partition coefficient (Wildman–Crippen LogP) is 2.10. The molecule has 5 atom stereocenters. The van der Waals surface area contributed by atoms with Crippen LogP contribution in [-0.2, 0) is 15.5 Å². The third-order valence-corrected chi connectivity index (χ3v) is 5.33. The summed E-state index contributed by atoms with van der Waals surface area (Å²) in [5.41, 5.74) is 1.25. The molecule has 1 heterocycles. The van der Waals surface area contributed by atoms with Crippen LogP contribution in [0, 0.1) is 6.92 Å². The van der Waals surface area contributed by atoms with Gasteiger partial charge in [-0.05, 0) is 43.2 Å². The molecule has 1 amide bonds. The molecule has 3 rings (SSSR count). The lowest BCUT2D eigenvalue weighted by Gasteiger charge is -2.39. The number of hydrogen-bond acceptors (Lipinski definition) is 6. The fraction of sp³-hybridized carbons (Fsp3) is 0.435. The first-order valence-corrected chi connectivity index (χ1v) is 10.2. The van der Waals surface area contributed by atoms with Crippen molar-refractivity contribution in [1.29, 1.82) is 0 Å². The highest BCUT2D eigenvalue weighted by atomic mass is 19.3. The lowest BCUT2D eigenvalue weighted by Crippen LogP contribution is -2.58. The predicted molar refractivity (Wildman–Crippen MR) is 112 cm³/mol. The summed E-state index contributed by atoms with van der Waals surface area (Å²) < 4.78 is 41.1. The summed E-state index contributed by atoms with van der Waals surface area (Å²) in [6, 6.07) is 10.9. The first-order valence-electron chi connectivity index (χ1n) is 10.2. The molecule has 1 saturated heterocycles. The van der Waals surface area contributed by atoms with Crippen molar-refractivity contribution in [2.75, 3.05) is 6.54 Å². The van der Waals surface area contributed by atoms with Crippen LogP contribution in [0.4, 0.5) is 8.78 Å². The van der Waals surface area contributed by atoms with Crippen molar-refractivity contribution in [2.45, 2.75) is 57.4 Å². The Hall–Kier alpha value is -2.59. The van der Waals surface area contributed by atoms with Gasteiger partial charge in [0, 0.05) is 12.5 Å². The van der Waals surface area contributed by atoms with E-state index in [1.54, 1.807) is 18.2 Å². The number of ether oxygens (including phenoxy) is 2. The maximum atomic E-state index is 15.0. The second-order valence-corrected chi connectivity index (χ2v) is 7.99. The van der Waals surface area contributed by atoms with Crippen molar-refractivity contribution in [3.63, 3.8) is 0 Å². The Bertz CT molecular complexity index is 969. The van der Waals surface area contributed by atoms with Gasteiger partial charge in [0.05, 0.1) is 12.6 Å². The number of rotatable bonds is 6. The largest absolute Gasteiger partial charge is 0.462 e. The normalized spacial score (nSPS) is 25.9. The number of nitrogens with one attached hydrogen (secondary N) is 1. The zero-order valence-corrected chi connectivity index (χ0v) is 18.0. The molecule has 2 aromatic carbocycles. The number of carbonyl (C=O) groups excluding carboxylic acids is 1. The standard InChI is InChI=1S/C23H27F2NO6/c1-12-5-4-6-15(9-12)17-10-16(7-8-18(17)23(24,25)11-26-14(3)27)32-22-21(30)20(29)19(28)13(2)31-22/h4-10,13,19-22,28-30H,11H2,1-3H3,(H,26,27)/t13-,19-,20+,21+,22-/m0/s1. The third-order valence-electron chi connectivity index (χ3n) is 5.33. The number of benzene rings is 2. The van der Waals surface area contributed by atoms with Gasteiger partial charge in [-0.15, -0.1) is 0 Å². The number of aliphatic hydroxyl groups excluding tert-OH is 3. The average Bonchev–Trinajstić information content (AvgIpc) is 2.74. The minimum absolute atomic E-state index is 0.125. The van der Waals surface area contributed by atoms with Gasteiger partial charge in [0.15, 0.2) is 0 Å². The van der Waals surface area contributed by atoms with Crippen LogP contribution in [0.3, 0.4) is 0 Å². The Labute approximate surface area is 184 Å². The number of alkyl halides is 2. The van der Waals surface area contributed by atoms with Crippen LogP contribution in [-0.4, -0.2) is 58.5 Å². The van der Waals surface area contributed by atoms with Gasteiger partial charge in [0.1, 0.15) is 24.1 Å². The number of hydrogen-bond donors (Lipinski definition) is 4. The highest BCUT2D eigenvalue weighted by molar-refractivity contribution is 5.73. The van der Waals surface area contributed by atoms with Gasteiger partial charge in [0.2, 0.25) is 12.2 Å². The Balaban J connectivity index is 1.98. The Morgan fingerprint density at radius 3 is 2.50 bits per heavy atom. The summed E-state index contributed by atoms with van der Waals surface area (Å²) >= 11 is 0. The molecule has 0 aliphatic carbocycles. The van der Waals surface area contributed by atoms with Crippen molar-refractivity contribution in [3.05, 3.63) is 53.6 Å². The van der Waals surface area contributed by atoms with Gasteiger partial charge in [-0.1, -0.05) is 29.8 Å². The highest BCUT2D eigenvalue weighted by Gasteiger charge is 2.43. The van der Waals surface area contributed by atoms with E-state index in [1.807, 2.05) is 13.0 Å². The van der Waals surface area contributed by atoms with Crippen LogP contribution in [0.2, 0.25) is 0 Å². The second kappa shape index (κ2) is 9.50. The molecular weight excluding hydrogens is 424 g/mol. The molecule has 4 N–H and O–H groups in total. The lowest BCUT2D eigenvalue weighted by molar-refractivity contribution is -0.268. The number of halogens is 2. The topological polar surface area (TPSA) is 108 Å². The zero-order chi connectivity index (χ0) is 23.6. The minimum Gasteiger partial charge on any atom is -0.462 e. The summed E-state index contributed by atoms with van der Waals surface area (Å²) in [7, 11) is 0. The quantitative estimate of drug-likeness (QED) is 0.536. The fourth-order valence-electron chi connectivity index (χ4n) is 3.54. The molecular formula is C23H27F2NO6. The molecule has 7 nitrogen and oxygen atoms in total. The smallest absolute Gasteiger partial charge is 0.290 e. The molecule has 174 valence electrons. The maximum absolute atomic E-state index is 15.0. The van der Waals surface area contributed by atoms with E-state index in [-0.39, 0.29) is 16.9 Å². The van der Waals surface area contributed by atoms with E-state index in [0.717, 1.165) is 12.5 Å². The molecule has 0 radical (unpaired) electrons. The van der Waals surface area contributed by atoms with E-state index >= 15 is 0 Å². The van der Waals surface area contributed by atoms with E-state index in [2.05, 4.69) is 5.32 Å². The summed E-state index contributed by atoms with van der Waals surface area (Å²) in [6.07, 6.45) is -6.43. The van der Waals surface area contributed by atoms with Crippen LogP contribution in [0.5, 0.6) is 5.75 Å². The van der Waals surface area contributed by atoms with Crippen molar-refractivity contribution >= 4 is 5.91 Å². The Kier molecular flexibility index (Phi) is 7.14.